The Morgan fingerprint density at radius 1 is 1.04 bits per heavy atom. The van der Waals surface area contributed by atoms with Crippen molar-refractivity contribution in [2.24, 2.45) is 0 Å². The van der Waals surface area contributed by atoms with E-state index in [-0.39, 0.29) is 0 Å². The zero-order valence-corrected chi connectivity index (χ0v) is 14.8. The Balaban J connectivity index is 1.56. The molecule has 128 valence electrons. The van der Waals surface area contributed by atoms with E-state index < -0.39 is 0 Å². The molecule has 0 spiro atoms. The first-order valence-electron chi connectivity index (χ1n) is 8.27. The van der Waals surface area contributed by atoms with Crippen LogP contribution in [0.25, 0.3) is 11.4 Å². The fourth-order valence-electron chi connectivity index (χ4n) is 3.25. The number of nitrogens with zero attached hydrogens (tertiary/aromatic N) is 4. The Bertz CT molecular complexity index is 878. The van der Waals surface area contributed by atoms with Gasteiger partial charge in [0.15, 0.2) is 5.82 Å². The molecule has 6 heteroatoms. The van der Waals surface area contributed by atoms with Crippen LogP contribution in [-0.4, -0.2) is 33.3 Å². The van der Waals surface area contributed by atoms with Crippen LogP contribution < -0.4 is 4.74 Å². The summed E-state index contributed by atoms with van der Waals surface area (Å²) in [4.78, 5) is 2.32. The second-order valence-electron chi connectivity index (χ2n) is 6.09. The van der Waals surface area contributed by atoms with Crippen LogP contribution >= 0.6 is 11.6 Å². The van der Waals surface area contributed by atoms with E-state index in [1.807, 2.05) is 36.4 Å². The van der Waals surface area contributed by atoms with Gasteiger partial charge in [-0.25, -0.2) is 0 Å². The summed E-state index contributed by atoms with van der Waals surface area (Å²) >= 11 is 6.37. The van der Waals surface area contributed by atoms with Gasteiger partial charge < -0.3 is 9.30 Å². The van der Waals surface area contributed by atoms with Gasteiger partial charge in [-0.1, -0.05) is 48.0 Å². The van der Waals surface area contributed by atoms with Crippen molar-refractivity contribution in [3.63, 3.8) is 0 Å². The molecule has 0 saturated heterocycles. The number of methoxy groups -OCH3 is 1. The first-order valence-corrected chi connectivity index (χ1v) is 8.65. The zero-order chi connectivity index (χ0) is 17.2. The molecule has 5 nitrogen and oxygen atoms in total. The molecule has 1 aromatic heterocycles. The minimum atomic E-state index is 0.733. The molecule has 0 N–H and O–H groups in total. The van der Waals surface area contributed by atoms with Gasteiger partial charge in [0.25, 0.3) is 0 Å². The average Bonchev–Trinajstić information content (AvgIpc) is 3.07. The molecule has 1 aliphatic rings. The van der Waals surface area contributed by atoms with Crippen molar-refractivity contribution >= 4 is 11.6 Å². The third kappa shape index (κ3) is 3.13. The van der Waals surface area contributed by atoms with Crippen LogP contribution in [0, 0.1) is 0 Å². The molecule has 0 radical (unpaired) electrons. The molecule has 3 aromatic rings. The van der Waals surface area contributed by atoms with Crippen molar-refractivity contribution in [3.8, 4) is 17.1 Å². The van der Waals surface area contributed by atoms with Crippen LogP contribution in [0.3, 0.4) is 0 Å². The summed E-state index contributed by atoms with van der Waals surface area (Å²) in [6.07, 6.45) is 0. The average molecular weight is 355 g/mol. The van der Waals surface area contributed by atoms with Gasteiger partial charge >= 0.3 is 0 Å². The number of ether oxygens (including phenoxy) is 1. The fourth-order valence-corrected chi connectivity index (χ4v) is 3.48. The topological polar surface area (TPSA) is 43.2 Å². The van der Waals surface area contributed by atoms with Crippen LogP contribution in [0.1, 0.15) is 11.4 Å². The number of hydrogen-bond donors (Lipinski definition) is 0. The summed E-state index contributed by atoms with van der Waals surface area (Å²) in [6.45, 7) is 3.25. The third-order valence-corrected chi connectivity index (χ3v) is 4.90. The van der Waals surface area contributed by atoms with Gasteiger partial charge in [0.05, 0.1) is 13.7 Å². The highest BCUT2D eigenvalue weighted by molar-refractivity contribution is 6.31. The Morgan fingerprint density at radius 2 is 1.88 bits per heavy atom. The van der Waals surface area contributed by atoms with Crippen molar-refractivity contribution in [3.05, 3.63) is 64.9 Å². The van der Waals surface area contributed by atoms with Crippen LogP contribution in [0.2, 0.25) is 5.02 Å². The third-order valence-electron chi connectivity index (χ3n) is 4.54. The summed E-state index contributed by atoms with van der Waals surface area (Å²) in [5.41, 5.74) is 2.12. The Kier molecular flexibility index (Phi) is 4.42. The van der Waals surface area contributed by atoms with E-state index in [1.54, 1.807) is 7.11 Å². The Hall–Kier alpha value is -2.37. The SMILES string of the molecule is COc1cccc(Cl)c1CN1CCn2c(nnc2-c2ccccc2)C1. The van der Waals surface area contributed by atoms with E-state index in [0.717, 1.165) is 59.7 Å². The maximum atomic E-state index is 6.37. The lowest BCUT2D eigenvalue weighted by Crippen LogP contribution is -2.33. The van der Waals surface area contributed by atoms with Gasteiger partial charge in [0.2, 0.25) is 0 Å². The fraction of sp³-hybridized carbons (Fsp3) is 0.263. The predicted octanol–water partition coefficient (Wildman–Crippen LogP) is 3.62. The molecule has 0 amide bonds. The standard InChI is InChI=1S/C19H19ClN4O/c1-25-17-9-5-8-16(20)15(17)12-23-10-11-24-18(13-23)21-22-19(24)14-6-3-2-4-7-14/h2-9H,10-13H2,1H3. The number of benzene rings is 2. The first-order chi connectivity index (χ1) is 12.3. The molecular formula is C19H19ClN4O. The van der Waals surface area contributed by atoms with Gasteiger partial charge in [-0.3, -0.25) is 4.90 Å². The maximum Gasteiger partial charge on any atom is 0.164 e. The molecule has 0 bridgehead atoms. The molecule has 2 aromatic carbocycles. The van der Waals surface area contributed by atoms with Crippen molar-refractivity contribution in [2.45, 2.75) is 19.6 Å². The van der Waals surface area contributed by atoms with Gasteiger partial charge in [0.1, 0.15) is 11.6 Å². The highest BCUT2D eigenvalue weighted by atomic mass is 35.5. The normalized spacial score (nSPS) is 14.3. The first kappa shape index (κ1) is 16.1. The number of fused-ring (bicyclic) bond motifs is 1. The van der Waals surface area contributed by atoms with E-state index in [0.29, 0.717) is 0 Å². The van der Waals surface area contributed by atoms with E-state index >= 15 is 0 Å². The molecule has 1 aliphatic heterocycles. The van der Waals surface area contributed by atoms with E-state index in [9.17, 15) is 0 Å². The summed E-state index contributed by atoms with van der Waals surface area (Å²) in [7, 11) is 1.67. The lowest BCUT2D eigenvalue weighted by atomic mass is 10.1. The van der Waals surface area contributed by atoms with E-state index in [4.69, 9.17) is 16.3 Å². The van der Waals surface area contributed by atoms with Crippen LogP contribution in [0.4, 0.5) is 0 Å². The second kappa shape index (κ2) is 6.86. The van der Waals surface area contributed by atoms with Gasteiger partial charge in [-0.2, -0.15) is 0 Å². The lowest BCUT2D eigenvalue weighted by Gasteiger charge is -2.28. The number of aromatic nitrogens is 3. The van der Waals surface area contributed by atoms with Crippen molar-refractivity contribution in [1.29, 1.82) is 0 Å². The molecule has 0 fully saturated rings. The molecule has 25 heavy (non-hydrogen) atoms. The van der Waals surface area contributed by atoms with Crippen molar-refractivity contribution in [2.75, 3.05) is 13.7 Å². The molecule has 0 atom stereocenters. The number of hydrogen-bond acceptors (Lipinski definition) is 4. The number of rotatable bonds is 4. The van der Waals surface area contributed by atoms with E-state index in [1.165, 1.54) is 0 Å². The minimum Gasteiger partial charge on any atom is -0.496 e. The molecule has 4 rings (SSSR count). The predicted molar refractivity (Wildman–Crippen MR) is 97.6 cm³/mol. The van der Waals surface area contributed by atoms with Gasteiger partial charge in [-0.15, -0.1) is 10.2 Å². The highest BCUT2D eigenvalue weighted by Gasteiger charge is 2.23. The van der Waals surface area contributed by atoms with Gasteiger partial charge in [-0.05, 0) is 12.1 Å². The Labute approximate surface area is 151 Å². The molecular weight excluding hydrogens is 336 g/mol. The molecule has 0 saturated carbocycles. The van der Waals surface area contributed by atoms with Crippen LogP contribution in [-0.2, 0) is 19.6 Å². The molecule has 2 heterocycles. The second-order valence-corrected chi connectivity index (χ2v) is 6.50. The molecule has 0 unspecified atom stereocenters. The highest BCUT2D eigenvalue weighted by Crippen LogP contribution is 2.29. The largest absolute Gasteiger partial charge is 0.496 e. The Morgan fingerprint density at radius 3 is 2.68 bits per heavy atom. The van der Waals surface area contributed by atoms with Crippen molar-refractivity contribution < 1.29 is 4.74 Å². The molecule has 0 aliphatic carbocycles. The summed E-state index contributed by atoms with van der Waals surface area (Å²) in [5.74, 6) is 2.74. The van der Waals surface area contributed by atoms with Crippen LogP contribution in [0.5, 0.6) is 5.75 Å². The summed E-state index contributed by atoms with van der Waals surface area (Å²) < 4.78 is 7.66. The van der Waals surface area contributed by atoms with E-state index in [2.05, 4.69) is 31.8 Å². The quantitative estimate of drug-likeness (QED) is 0.717. The lowest BCUT2D eigenvalue weighted by molar-refractivity contribution is 0.207. The summed E-state index contributed by atoms with van der Waals surface area (Å²) in [6, 6.07) is 15.9. The monoisotopic (exact) mass is 354 g/mol. The van der Waals surface area contributed by atoms with Gasteiger partial charge in [0, 0.05) is 35.8 Å². The minimum absolute atomic E-state index is 0.733. The summed E-state index contributed by atoms with van der Waals surface area (Å²) in [5, 5.41) is 9.53. The van der Waals surface area contributed by atoms with Crippen molar-refractivity contribution in [1.82, 2.24) is 19.7 Å². The smallest absolute Gasteiger partial charge is 0.164 e. The zero-order valence-electron chi connectivity index (χ0n) is 14.0. The maximum absolute atomic E-state index is 6.37. The number of halogens is 1. The van der Waals surface area contributed by atoms with Crippen LogP contribution in [0.15, 0.2) is 48.5 Å².